The number of nitrogens with zero attached hydrogens (tertiary/aromatic N) is 2. The lowest BCUT2D eigenvalue weighted by atomic mass is 10.2. The quantitative estimate of drug-likeness (QED) is 0.542. The number of carbonyl (C=O) groups is 1. The number of nitrogen functional groups attached to an aromatic ring is 1. The van der Waals surface area contributed by atoms with E-state index in [1.54, 1.807) is 42.6 Å². The smallest absolute Gasteiger partial charge is 0.251 e. The second kappa shape index (κ2) is 5.74. The second-order valence-corrected chi connectivity index (χ2v) is 3.62. The average Bonchev–Trinajstić information content (AvgIpc) is 2.46. The number of rotatable bonds is 4. The van der Waals surface area contributed by atoms with E-state index in [4.69, 9.17) is 5.84 Å². The lowest BCUT2D eigenvalue weighted by molar-refractivity contribution is 0.0950. The van der Waals surface area contributed by atoms with Gasteiger partial charge in [-0.25, -0.2) is 0 Å². The highest BCUT2D eigenvalue weighted by atomic mass is 16.1. The Morgan fingerprint density at radius 3 is 2.61 bits per heavy atom. The third kappa shape index (κ3) is 3.02. The van der Waals surface area contributed by atoms with E-state index in [2.05, 4.69) is 20.9 Å². The molecule has 0 saturated carbocycles. The van der Waals surface area contributed by atoms with Crippen molar-refractivity contribution in [3.63, 3.8) is 0 Å². The van der Waals surface area contributed by atoms with Gasteiger partial charge in [-0.05, 0) is 36.4 Å². The Bertz CT molecular complexity index is 512. The SMILES string of the molecule is NNc1ccc(C(=O)NCc2cccnn2)cc1. The lowest BCUT2D eigenvalue weighted by Crippen LogP contribution is -2.23. The van der Waals surface area contributed by atoms with E-state index in [1.807, 2.05) is 0 Å². The minimum absolute atomic E-state index is 0.163. The fraction of sp³-hybridized carbons (Fsp3) is 0.0833. The maximum absolute atomic E-state index is 11.8. The van der Waals surface area contributed by atoms with E-state index < -0.39 is 0 Å². The lowest BCUT2D eigenvalue weighted by Gasteiger charge is -2.05. The minimum Gasteiger partial charge on any atom is -0.346 e. The number of hydrogen-bond donors (Lipinski definition) is 3. The summed E-state index contributed by atoms with van der Waals surface area (Å²) in [6.07, 6.45) is 1.59. The molecule has 1 aromatic heterocycles. The van der Waals surface area contributed by atoms with Crippen LogP contribution in [0, 0.1) is 0 Å². The Morgan fingerprint density at radius 2 is 2.00 bits per heavy atom. The molecule has 1 aromatic carbocycles. The van der Waals surface area contributed by atoms with Gasteiger partial charge in [0.1, 0.15) is 0 Å². The normalized spacial score (nSPS) is 9.83. The number of nitrogens with two attached hydrogens (primary N) is 1. The minimum atomic E-state index is -0.163. The molecule has 0 aliphatic heterocycles. The Labute approximate surface area is 104 Å². The zero-order chi connectivity index (χ0) is 12.8. The van der Waals surface area contributed by atoms with Crippen LogP contribution in [0.25, 0.3) is 0 Å². The van der Waals surface area contributed by atoms with Gasteiger partial charge < -0.3 is 10.7 Å². The van der Waals surface area contributed by atoms with Crippen molar-refractivity contribution in [1.29, 1.82) is 0 Å². The molecule has 4 N–H and O–H groups in total. The monoisotopic (exact) mass is 243 g/mol. The maximum atomic E-state index is 11.8. The Balaban J connectivity index is 1.95. The third-order valence-electron chi connectivity index (χ3n) is 2.37. The molecule has 0 aliphatic carbocycles. The molecule has 0 spiro atoms. The molecule has 1 heterocycles. The van der Waals surface area contributed by atoms with E-state index >= 15 is 0 Å². The molecule has 6 nitrogen and oxygen atoms in total. The van der Waals surface area contributed by atoms with E-state index in [9.17, 15) is 4.79 Å². The largest absolute Gasteiger partial charge is 0.346 e. The van der Waals surface area contributed by atoms with Crippen LogP contribution in [0.4, 0.5) is 5.69 Å². The highest BCUT2D eigenvalue weighted by Crippen LogP contribution is 2.07. The van der Waals surface area contributed by atoms with Crippen molar-refractivity contribution in [2.75, 3.05) is 5.43 Å². The first-order valence-electron chi connectivity index (χ1n) is 5.41. The first kappa shape index (κ1) is 12.0. The van der Waals surface area contributed by atoms with Gasteiger partial charge in [0.15, 0.2) is 0 Å². The molecule has 0 atom stereocenters. The van der Waals surface area contributed by atoms with Gasteiger partial charge in [-0.15, -0.1) is 0 Å². The molecule has 6 heteroatoms. The van der Waals surface area contributed by atoms with E-state index in [0.29, 0.717) is 17.8 Å². The molecule has 0 saturated heterocycles. The first-order valence-corrected chi connectivity index (χ1v) is 5.41. The fourth-order valence-electron chi connectivity index (χ4n) is 1.42. The van der Waals surface area contributed by atoms with E-state index in [-0.39, 0.29) is 5.91 Å². The molecule has 0 bridgehead atoms. The topological polar surface area (TPSA) is 92.9 Å². The Morgan fingerprint density at radius 1 is 1.22 bits per heavy atom. The van der Waals surface area contributed by atoms with Crippen molar-refractivity contribution >= 4 is 11.6 Å². The van der Waals surface area contributed by atoms with Gasteiger partial charge in [-0.1, -0.05) is 0 Å². The van der Waals surface area contributed by atoms with Crippen LogP contribution >= 0.6 is 0 Å². The average molecular weight is 243 g/mol. The molecule has 18 heavy (non-hydrogen) atoms. The number of benzene rings is 1. The van der Waals surface area contributed by atoms with Crippen LogP contribution in [0.15, 0.2) is 42.6 Å². The van der Waals surface area contributed by atoms with E-state index in [1.165, 1.54) is 0 Å². The van der Waals surface area contributed by atoms with Crippen LogP contribution in [0.5, 0.6) is 0 Å². The molecule has 2 aromatic rings. The zero-order valence-corrected chi connectivity index (χ0v) is 9.63. The van der Waals surface area contributed by atoms with Crippen molar-refractivity contribution in [2.45, 2.75) is 6.54 Å². The summed E-state index contributed by atoms with van der Waals surface area (Å²) >= 11 is 0. The summed E-state index contributed by atoms with van der Waals surface area (Å²) in [7, 11) is 0. The van der Waals surface area contributed by atoms with Crippen molar-refractivity contribution in [3.8, 4) is 0 Å². The van der Waals surface area contributed by atoms with Gasteiger partial charge in [0.2, 0.25) is 0 Å². The van der Waals surface area contributed by atoms with Crippen LogP contribution in [-0.2, 0) is 6.54 Å². The predicted octanol–water partition coefficient (Wildman–Crippen LogP) is 0.692. The summed E-state index contributed by atoms with van der Waals surface area (Å²) in [6, 6.07) is 10.4. The molecule has 0 radical (unpaired) electrons. The number of nitrogens with one attached hydrogen (secondary N) is 2. The number of aromatic nitrogens is 2. The molecule has 92 valence electrons. The fourth-order valence-corrected chi connectivity index (χ4v) is 1.42. The molecule has 0 aliphatic rings. The first-order chi connectivity index (χ1) is 8.79. The predicted molar refractivity (Wildman–Crippen MR) is 67.5 cm³/mol. The van der Waals surface area contributed by atoms with Crippen molar-refractivity contribution in [1.82, 2.24) is 15.5 Å². The van der Waals surface area contributed by atoms with Crippen LogP contribution < -0.4 is 16.6 Å². The van der Waals surface area contributed by atoms with Gasteiger partial charge in [-0.2, -0.15) is 10.2 Å². The Hall–Kier alpha value is -2.47. The molecule has 0 unspecified atom stereocenters. The summed E-state index contributed by atoms with van der Waals surface area (Å²) < 4.78 is 0. The number of hydrazine groups is 1. The van der Waals surface area contributed by atoms with Gasteiger partial charge >= 0.3 is 0 Å². The highest BCUT2D eigenvalue weighted by molar-refractivity contribution is 5.94. The number of hydrogen-bond acceptors (Lipinski definition) is 5. The van der Waals surface area contributed by atoms with Crippen LogP contribution in [0.1, 0.15) is 16.1 Å². The van der Waals surface area contributed by atoms with Gasteiger partial charge in [-0.3, -0.25) is 10.6 Å². The Kier molecular flexibility index (Phi) is 3.83. The van der Waals surface area contributed by atoms with Gasteiger partial charge in [0.05, 0.1) is 12.2 Å². The third-order valence-corrected chi connectivity index (χ3v) is 2.37. The summed E-state index contributed by atoms with van der Waals surface area (Å²) in [5.41, 5.74) is 4.53. The molecular weight excluding hydrogens is 230 g/mol. The highest BCUT2D eigenvalue weighted by Gasteiger charge is 2.05. The van der Waals surface area contributed by atoms with Crippen molar-refractivity contribution in [2.24, 2.45) is 5.84 Å². The van der Waals surface area contributed by atoms with Crippen LogP contribution in [-0.4, -0.2) is 16.1 Å². The molecular formula is C12H13N5O. The number of carbonyl (C=O) groups excluding carboxylic acids is 1. The van der Waals surface area contributed by atoms with Crippen LogP contribution in [0.3, 0.4) is 0 Å². The van der Waals surface area contributed by atoms with E-state index in [0.717, 1.165) is 5.69 Å². The molecule has 2 rings (SSSR count). The number of amides is 1. The van der Waals surface area contributed by atoms with Crippen molar-refractivity contribution < 1.29 is 4.79 Å². The summed E-state index contributed by atoms with van der Waals surface area (Å²) in [6.45, 7) is 0.351. The second-order valence-electron chi connectivity index (χ2n) is 3.62. The van der Waals surface area contributed by atoms with Crippen molar-refractivity contribution in [3.05, 3.63) is 53.9 Å². The standard InChI is InChI=1S/C12H13N5O/c13-16-10-5-3-9(4-6-10)12(18)14-8-11-2-1-7-15-17-11/h1-7,16H,8,13H2,(H,14,18). The molecule has 0 fully saturated rings. The summed E-state index contributed by atoms with van der Waals surface area (Å²) in [5, 5.41) is 10.4. The summed E-state index contributed by atoms with van der Waals surface area (Å²) in [5.74, 6) is 5.08. The van der Waals surface area contributed by atoms with Crippen LogP contribution in [0.2, 0.25) is 0 Å². The van der Waals surface area contributed by atoms with Gasteiger partial charge in [0, 0.05) is 17.4 Å². The maximum Gasteiger partial charge on any atom is 0.251 e. The van der Waals surface area contributed by atoms with Gasteiger partial charge in [0.25, 0.3) is 5.91 Å². The zero-order valence-electron chi connectivity index (χ0n) is 9.63. The number of anilines is 1. The summed E-state index contributed by atoms with van der Waals surface area (Å²) in [4.78, 5) is 11.8. The molecule has 1 amide bonds.